The van der Waals surface area contributed by atoms with E-state index in [1.165, 1.54) is 31.4 Å². The van der Waals surface area contributed by atoms with Crippen LogP contribution in [-0.2, 0) is 16.1 Å². The molecule has 3 rings (SSSR count). The third kappa shape index (κ3) is 3.78. The fourth-order valence-corrected chi connectivity index (χ4v) is 3.17. The Bertz CT molecular complexity index is 391. The van der Waals surface area contributed by atoms with Crippen molar-refractivity contribution < 1.29 is 9.47 Å². The molecule has 2 aliphatic rings. The summed E-state index contributed by atoms with van der Waals surface area (Å²) < 4.78 is 11.6. The molecule has 20 heavy (non-hydrogen) atoms. The molecule has 2 saturated heterocycles. The summed E-state index contributed by atoms with van der Waals surface area (Å²) >= 11 is 0. The van der Waals surface area contributed by atoms with Crippen LogP contribution in [0.1, 0.15) is 31.2 Å². The molecule has 2 aliphatic heterocycles. The molecule has 4 nitrogen and oxygen atoms in total. The predicted octanol–water partition coefficient (Wildman–Crippen LogP) is 2.24. The van der Waals surface area contributed by atoms with Crippen molar-refractivity contribution in [1.29, 1.82) is 0 Å². The lowest BCUT2D eigenvalue weighted by atomic mass is 10.1. The molecule has 0 aromatic carbocycles. The molecule has 0 spiro atoms. The molecular weight excluding hydrogens is 252 g/mol. The zero-order valence-electron chi connectivity index (χ0n) is 12.0. The molecule has 4 heteroatoms. The summed E-state index contributed by atoms with van der Waals surface area (Å²) in [5.41, 5.74) is 1.21. The lowest BCUT2D eigenvalue weighted by molar-refractivity contribution is 0.0418. The van der Waals surface area contributed by atoms with Crippen LogP contribution in [0.5, 0.6) is 0 Å². The van der Waals surface area contributed by atoms with Crippen LogP contribution in [0.4, 0.5) is 0 Å². The summed E-state index contributed by atoms with van der Waals surface area (Å²) in [7, 11) is 0. The molecule has 0 N–H and O–H groups in total. The van der Waals surface area contributed by atoms with E-state index >= 15 is 0 Å². The van der Waals surface area contributed by atoms with E-state index in [9.17, 15) is 0 Å². The highest BCUT2D eigenvalue weighted by Gasteiger charge is 2.29. The molecule has 3 heterocycles. The number of hydrogen-bond acceptors (Lipinski definition) is 4. The molecule has 0 saturated carbocycles. The minimum Gasteiger partial charge on any atom is -0.381 e. The van der Waals surface area contributed by atoms with E-state index in [2.05, 4.69) is 9.88 Å². The number of likely N-dealkylation sites (tertiary alicyclic amines) is 1. The summed E-state index contributed by atoms with van der Waals surface area (Å²) in [6.45, 7) is 4.81. The van der Waals surface area contributed by atoms with Gasteiger partial charge in [-0.3, -0.25) is 9.88 Å². The molecular formula is C16H24N2O2. The van der Waals surface area contributed by atoms with Crippen LogP contribution in [0.25, 0.3) is 0 Å². The molecule has 1 aromatic heterocycles. The van der Waals surface area contributed by atoms with E-state index in [1.54, 1.807) is 0 Å². The van der Waals surface area contributed by atoms with Gasteiger partial charge in [0.1, 0.15) is 0 Å². The molecule has 1 unspecified atom stereocenters. The highest BCUT2D eigenvalue weighted by atomic mass is 16.5. The van der Waals surface area contributed by atoms with Crippen molar-refractivity contribution in [2.45, 2.75) is 44.4 Å². The largest absolute Gasteiger partial charge is 0.381 e. The van der Waals surface area contributed by atoms with Gasteiger partial charge in [-0.05, 0) is 43.4 Å². The van der Waals surface area contributed by atoms with Gasteiger partial charge in [0.2, 0.25) is 0 Å². The molecule has 0 radical (unpaired) electrons. The van der Waals surface area contributed by atoms with E-state index in [-0.39, 0.29) is 0 Å². The molecule has 1 aromatic rings. The van der Waals surface area contributed by atoms with Gasteiger partial charge < -0.3 is 9.47 Å². The Morgan fingerprint density at radius 1 is 1.20 bits per heavy atom. The van der Waals surface area contributed by atoms with Crippen LogP contribution in [0.3, 0.4) is 0 Å². The molecule has 2 fully saturated rings. The average molecular weight is 276 g/mol. The van der Waals surface area contributed by atoms with E-state index in [1.807, 2.05) is 24.5 Å². The van der Waals surface area contributed by atoms with Crippen LogP contribution < -0.4 is 0 Å². The second-order valence-electron chi connectivity index (χ2n) is 5.77. The maximum atomic E-state index is 6.04. The van der Waals surface area contributed by atoms with Gasteiger partial charge in [0.05, 0.1) is 12.7 Å². The van der Waals surface area contributed by atoms with E-state index in [0.717, 1.165) is 26.2 Å². The number of pyridine rings is 1. The van der Waals surface area contributed by atoms with Crippen molar-refractivity contribution in [3.8, 4) is 0 Å². The summed E-state index contributed by atoms with van der Waals surface area (Å²) in [5.74, 6) is 0. The lowest BCUT2D eigenvalue weighted by Gasteiger charge is -2.26. The second kappa shape index (κ2) is 7.16. The quantitative estimate of drug-likeness (QED) is 0.845. The Balaban J connectivity index is 1.44. The standard InChI is InChI=1S/C16H24N2O2/c1-2-15(6-11-19-10-1)18-9-5-16(12-18)20-13-14-3-7-17-8-4-14/h3-4,7-8,15-16H,1-2,5-6,9-13H2/t15?,16-/m1/s1. The lowest BCUT2D eigenvalue weighted by Crippen LogP contribution is -2.34. The van der Waals surface area contributed by atoms with Crippen molar-refractivity contribution in [2.75, 3.05) is 26.3 Å². The number of ether oxygens (including phenoxy) is 2. The molecule has 110 valence electrons. The highest BCUT2D eigenvalue weighted by molar-refractivity contribution is 5.08. The number of aromatic nitrogens is 1. The van der Waals surface area contributed by atoms with Gasteiger partial charge in [0.25, 0.3) is 0 Å². The van der Waals surface area contributed by atoms with Crippen molar-refractivity contribution in [3.05, 3.63) is 30.1 Å². The Morgan fingerprint density at radius 2 is 2.10 bits per heavy atom. The summed E-state index contributed by atoms with van der Waals surface area (Å²) in [6, 6.07) is 4.75. The first-order chi connectivity index (χ1) is 9.92. The van der Waals surface area contributed by atoms with Crippen molar-refractivity contribution >= 4 is 0 Å². The molecule has 2 atom stereocenters. The highest BCUT2D eigenvalue weighted by Crippen LogP contribution is 2.22. The number of rotatable bonds is 4. The van der Waals surface area contributed by atoms with Crippen molar-refractivity contribution in [1.82, 2.24) is 9.88 Å². The van der Waals surface area contributed by atoms with Crippen LogP contribution in [0.2, 0.25) is 0 Å². The van der Waals surface area contributed by atoms with Crippen LogP contribution in [0.15, 0.2) is 24.5 Å². The minimum absolute atomic E-state index is 0.382. The van der Waals surface area contributed by atoms with Crippen LogP contribution >= 0.6 is 0 Å². The van der Waals surface area contributed by atoms with Crippen molar-refractivity contribution in [2.24, 2.45) is 0 Å². The fourth-order valence-electron chi connectivity index (χ4n) is 3.17. The normalized spacial score (nSPS) is 28.4. The Kier molecular flexibility index (Phi) is 5.01. The number of hydrogen-bond donors (Lipinski definition) is 0. The summed E-state index contributed by atoms with van der Waals surface area (Å²) in [6.07, 6.45) is 8.84. The van der Waals surface area contributed by atoms with Gasteiger partial charge in [-0.1, -0.05) is 0 Å². The SMILES string of the molecule is c1cc(CO[C@@H]2CCN(C3CCCOCC3)C2)ccn1. The zero-order valence-corrected chi connectivity index (χ0v) is 12.0. The maximum Gasteiger partial charge on any atom is 0.0722 e. The summed E-state index contributed by atoms with van der Waals surface area (Å²) in [5, 5.41) is 0. The molecule has 0 aliphatic carbocycles. The van der Waals surface area contributed by atoms with E-state index in [4.69, 9.17) is 9.47 Å². The van der Waals surface area contributed by atoms with Gasteiger partial charge in [-0.15, -0.1) is 0 Å². The average Bonchev–Trinajstić information content (AvgIpc) is 2.80. The van der Waals surface area contributed by atoms with E-state index < -0.39 is 0 Å². The van der Waals surface area contributed by atoms with Gasteiger partial charge in [-0.25, -0.2) is 0 Å². The predicted molar refractivity (Wildman–Crippen MR) is 77.5 cm³/mol. The Morgan fingerprint density at radius 3 is 3.00 bits per heavy atom. The topological polar surface area (TPSA) is 34.6 Å². The smallest absolute Gasteiger partial charge is 0.0722 e. The third-order valence-electron chi connectivity index (χ3n) is 4.35. The van der Waals surface area contributed by atoms with Crippen LogP contribution in [-0.4, -0.2) is 48.3 Å². The van der Waals surface area contributed by atoms with Gasteiger partial charge in [-0.2, -0.15) is 0 Å². The second-order valence-corrected chi connectivity index (χ2v) is 5.77. The zero-order chi connectivity index (χ0) is 13.6. The maximum absolute atomic E-state index is 6.04. The van der Waals surface area contributed by atoms with Gasteiger partial charge >= 0.3 is 0 Å². The first-order valence-corrected chi connectivity index (χ1v) is 7.74. The van der Waals surface area contributed by atoms with E-state index in [0.29, 0.717) is 18.8 Å². The number of nitrogens with zero attached hydrogens (tertiary/aromatic N) is 2. The Labute approximate surface area is 121 Å². The third-order valence-corrected chi connectivity index (χ3v) is 4.35. The first-order valence-electron chi connectivity index (χ1n) is 7.74. The molecule has 0 bridgehead atoms. The minimum atomic E-state index is 0.382. The van der Waals surface area contributed by atoms with Gasteiger partial charge in [0.15, 0.2) is 0 Å². The van der Waals surface area contributed by atoms with Crippen molar-refractivity contribution in [3.63, 3.8) is 0 Å². The monoisotopic (exact) mass is 276 g/mol. The molecule has 0 amide bonds. The van der Waals surface area contributed by atoms with Crippen LogP contribution in [0, 0.1) is 0 Å². The fraction of sp³-hybridized carbons (Fsp3) is 0.688. The summed E-state index contributed by atoms with van der Waals surface area (Å²) in [4.78, 5) is 6.63. The Hall–Kier alpha value is -0.970. The first kappa shape index (κ1) is 14.0. The van der Waals surface area contributed by atoms with Gasteiger partial charge in [0, 0.05) is 44.7 Å².